The van der Waals surface area contributed by atoms with Crippen molar-refractivity contribution in [1.29, 1.82) is 0 Å². The van der Waals surface area contributed by atoms with Gasteiger partial charge in [-0.2, -0.15) is 5.10 Å². The van der Waals surface area contributed by atoms with Crippen molar-refractivity contribution < 1.29 is 0 Å². The molecule has 0 radical (unpaired) electrons. The molecule has 0 bridgehead atoms. The Labute approximate surface area is 122 Å². The van der Waals surface area contributed by atoms with Gasteiger partial charge in [-0.25, -0.2) is 0 Å². The monoisotopic (exact) mass is 276 g/mol. The molecule has 2 aliphatic rings. The lowest BCUT2D eigenvalue weighted by atomic mass is 9.95. The predicted octanol–water partition coefficient (Wildman–Crippen LogP) is 2.18. The molecule has 1 aromatic heterocycles. The molecule has 1 atom stereocenters. The molecule has 112 valence electrons. The fourth-order valence-corrected chi connectivity index (χ4v) is 3.63. The minimum atomic E-state index is 0.322. The Morgan fingerprint density at radius 2 is 2.25 bits per heavy atom. The molecule has 2 fully saturated rings. The van der Waals surface area contributed by atoms with Gasteiger partial charge in [-0.1, -0.05) is 0 Å². The Hall–Kier alpha value is -0.870. The van der Waals surface area contributed by atoms with E-state index in [1.165, 1.54) is 38.0 Å². The van der Waals surface area contributed by atoms with E-state index in [2.05, 4.69) is 46.8 Å². The van der Waals surface area contributed by atoms with E-state index in [4.69, 9.17) is 0 Å². The SMILES string of the molecule is CCn1nc(C)cc1CN1CCCNC(C)(C2CC2)C1. The third-order valence-electron chi connectivity index (χ3n) is 4.88. The summed E-state index contributed by atoms with van der Waals surface area (Å²) in [7, 11) is 0. The predicted molar refractivity (Wildman–Crippen MR) is 81.7 cm³/mol. The molecule has 1 aliphatic carbocycles. The van der Waals surface area contributed by atoms with Crippen LogP contribution in [0.3, 0.4) is 0 Å². The summed E-state index contributed by atoms with van der Waals surface area (Å²) in [4.78, 5) is 2.63. The average molecular weight is 276 g/mol. The molecular formula is C16H28N4. The number of hydrogen-bond donors (Lipinski definition) is 1. The number of nitrogens with one attached hydrogen (secondary N) is 1. The summed E-state index contributed by atoms with van der Waals surface area (Å²) < 4.78 is 2.15. The fourth-order valence-electron chi connectivity index (χ4n) is 3.63. The molecule has 0 amide bonds. The van der Waals surface area contributed by atoms with E-state index in [9.17, 15) is 0 Å². The van der Waals surface area contributed by atoms with Gasteiger partial charge in [0, 0.05) is 25.2 Å². The van der Waals surface area contributed by atoms with Gasteiger partial charge in [-0.15, -0.1) is 0 Å². The van der Waals surface area contributed by atoms with Crippen molar-refractivity contribution in [3.05, 3.63) is 17.5 Å². The highest BCUT2D eigenvalue weighted by Gasteiger charge is 2.42. The van der Waals surface area contributed by atoms with E-state index in [0.717, 1.165) is 31.2 Å². The molecule has 1 N–H and O–H groups in total. The fraction of sp³-hybridized carbons (Fsp3) is 0.812. The summed E-state index contributed by atoms with van der Waals surface area (Å²) >= 11 is 0. The van der Waals surface area contributed by atoms with Crippen LogP contribution >= 0.6 is 0 Å². The van der Waals surface area contributed by atoms with Gasteiger partial charge in [0.1, 0.15) is 0 Å². The van der Waals surface area contributed by atoms with Gasteiger partial charge in [0.25, 0.3) is 0 Å². The largest absolute Gasteiger partial charge is 0.310 e. The molecule has 1 aliphatic heterocycles. The van der Waals surface area contributed by atoms with Crippen LogP contribution < -0.4 is 5.32 Å². The summed E-state index contributed by atoms with van der Waals surface area (Å²) in [6.45, 7) is 12.2. The number of nitrogens with zero attached hydrogens (tertiary/aromatic N) is 3. The Morgan fingerprint density at radius 1 is 1.45 bits per heavy atom. The lowest BCUT2D eigenvalue weighted by molar-refractivity contribution is 0.191. The zero-order chi connectivity index (χ0) is 14.2. The third kappa shape index (κ3) is 2.91. The van der Waals surface area contributed by atoms with Crippen LogP contribution in [0.1, 0.15) is 44.5 Å². The molecule has 3 rings (SSSR count). The highest BCUT2D eigenvalue weighted by Crippen LogP contribution is 2.40. The number of hydrogen-bond acceptors (Lipinski definition) is 3. The lowest BCUT2D eigenvalue weighted by Gasteiger charge is -2.34. The van der Waals surface area contributed by atoms with Gasteiger partial charge in [0.15, 0.2) is 0 Å². The number of aromatic nitrogens is 2. The standard InChI is InChI=1S/C16H28N4/c1-4-20-15(10-13(2)18-20)11-19-9-5-8-17-16(3,12-19)14-6-7-14/h10,14,17H,4-9,11-12H2,1-3H3. The van der Waals surface area contributed by atoms with Crippen LogP contribution in [0.15, 0.2) is 6.07 Å². The van der Waals surface area contributed by atoms with Crippen molar-refractivity contribution in [1.82, 2.24) is 20.0 Å². The number of aryl methyl sites for hydroxylation is 2. The molecule has 0 aromatic carbocycles. The first-order valence-electron chi connectivity index (χ1n) is 8.11. The normalized spacial score (nSPS) is 28.6. The second kappa shape index (κ2) is 5.49. The molecule has 1 unspecified atom stereocenters. The smallest absolute Gasteiger partial charge is 0.0597 e. The topological polar surface area (TPSA) is 33.1 Å². The Bertz CT molecular complexity index is 463. The molecule has 1 saturated carbocycles. The first kappa shape index (κ1) is 14.1. The van der Waals surface area contributed by atoms with E-state index in [1.807, 2.05) is 0 Å². The van der Waals surface area contributed by atoms with E-state index >= 15 is 0 Å². The van der Waals surface area contributed by atoms with Gasteiger partial charge in [-0.05, 0) is 65.1 Å². The maximum Gasteiger partial charge on any atom is 0.0597 e. The van der Waals surface area contributed by atoms with Crippen LogP contribution in [0.4, 0.5) is 0 Å². The van der Waals surface area contributed by atoms with Crippen LogP contribution in [0.5, 0.6) is 0 Å². The summed E-state index contributed by atoms with van der Waals surface area (Å²) in [6.07, 6.45) is 4.06. The van der Waals surface area contributed by atoms with E-state index in [0.29, 0.717) is 5.54 Å². The maximum atomic E-state index is 4.58. The van der Waals surface area contributed by atoms with Gasteiger partial charge >= 0.3 is 0 Å². The van der Waals surface area contributed by atoms with Crippen molar-refractivity contribution >= 4 is 0 Å². The van der Waals surface area contributed by atoms with E-state index < -0.39 is 0 Å². The lowest BCUT2D eigenvalue weighted by Crippen LogP contribution is -2.50. The molecule has 1 saturated heterocycles. The average Bonchev–Trinajstić information content (AvgIpc) is 3.20. The van der Waals surface area contributed by atoms with E-state index in [1.54, 1.807) is 0 Å². The second-order valence-corrected chi connectivity index (χ2v) is 6.78. The zero-order valence-corrected chi connectivity index (χ0v) is 13.2. The van der Waals surface area contributed by atoms with Gasteiger partial charge in [-0.3, -0.25) is 9.58 Å². The Kier molecular flexibility index (Phi) is 3.87. The third-order valence-corrected chi connectivity index (χ3v) is 4.88. The van der Waals surface area contributed by atoms with Gasteiger partial charge < -0.3 is 5.32 Å². The van der Waals surface area contributed by atoms with Crippen LogP contribution in [0.2, 0.25) is 0 Å². The maximum absolute atomic E-state index is 4.58. The Morgan fingerprint density at radius 3 is 2.95 bits per heavy atom. The molecular weight excluding hydrogens is 248 g/mol. The zero-order valence-electron chi connectivity index (χ0n) is 13.2. The first-order valence-corrected chi connectivity index (χ1v) is 8.11. The molecule has 1 aromatic rings. The van der Waals surface area contributed by atoms with Crippen LogP contribution in [0.25, 0.3) is 0 Å². The van der Waals surface area contributed by atoms with Crippen LogP contribution in [-0.4, -0.2) is 39.9 Å². The minimum Gasteiger partial charge on any atom is -0.310 e. The van der Waals surface area contributed by atoms with Gasteiger partial charge in [0.2, 0.25) is 0 Å². The first-order chi connectivity index (χ1) is 9.60. The highest BCUT2D eigenvalue weighted by molar-refractivity contribution is 5.10. The summed E-state index contributed by atoms with van der Waals surface area (Å²) in [5.74, 6) is 0.890. The molecule has 2 heterocycles. The summed E-state index contributed by atoms with van der Waals surface area (Å²) in [5.41, 5.74) is 2.83. The quantitative estimate of drug-likeness (QED) is 0.915. The summed E-state index contributed by atoms with van der Waals surface area (Å²) in [5, 5.41) is 8.38. The van der Waals surface area contributed by atoms with Crippen molar-refractivity contribution in [2.75, 3.05) is 19.6 Å². The number of rotatable bonds is 4. The highest BCUT2D eigenvalue weighted by atomic mass is 15.3. The molecule has 20 heavy (non-hydrogen) atoms. The molecule has 4 nitrogen and oxygen atoms in total. The van der Waals surface area contributed by atoms with Crippen molar-refractivity contribution in [3.8, 4) is 0 Å². The van der Waals surface area contributed by atoms with Crippen molar-refractivity contribution in [2.24, 2.45) is 5.92 Å². The van der Waals surface area contributed by atoms with Crippen molar-refractivity contribution in [2.45, 2.75) is 58.7 Å². The molecule has 0 spiro atoms. The van der Waals surface area contributed by atoms with Crippen LogP contribution in [0, 0.1) is 12.8 Å². The molecule has 4 heteroatoms. The summed E-state index contributed by atoms with van der Waals surface area (Å²) in [6, 6.07) is 2.25. The van der Waals surface area contributed by atoms with Crippen molar-refractivity contribution in [3.63, 3.8) is 0 Å². The van der Waals surface area contributed by atoms with Gasteiger partial charge in [0.05, 0.1) is 11.4 Å². The minimum absolute atomic E-state index is 0.322. The van der Waals surface area contributed by atoms with E-state index in [-0.39, 0.29) is 0 Å². The second-order valence-electron chi connectivity index (χ2n) is 6.78. The van der Waals surface area contributed by atoms with Crippen LogP contribution in [-0.2, 0) is 13.1 Å². The Balaban J connectivity index is 1.71.